The van der Waals surface area contributed by atoms with E-state index in [1.807, 2.05) is 0 Å². The van der Waals surface area contributed by atoms with Gasteiger partial charge in [-0.2, -0.15) is 0 Å². The van der Waals surface area contributed by atoms with E-state index in [0.29, 0.717) is 6.92 Å². The highest BCUT2D eigenvalue weighted by molar-refractivity contribution is 5.56. The number of carbonyl (C=O) groups is 1. The lowest BCUT2D eigenvalue weighted by Crippen LogP contribution is -2.49. The van der Waals surface area contributed by atoms with Crippen LogP contribution < -0.4 is 0 Å². The number of hydrogen-bond donors (Lipinski definition) is 4. The normalized spacial score (nSPS) is 23.8. The van der Waals surface area contributed by atoms with Crippen LogP contribution in [0.25, 0.3) is 0 Å². The molecule has 0 aliphatic heterocycles. The van der Waals surface area contributed by atoms with Crippen LogP contribution >= 0.6 is 0 Å². The van der Waals surface area contributed by atoms with Gasteiger partial charge >= 0.3 is 0 Å². The van der Waals surface area contributed by atoms with Crippen LogP contribution in [0, 0.1) is 0 Å². The van der Waals surface area contributed by atoms with Crippen molar-refractivity contribution in [1.82, 2.24) is 0 Å². The first-order valence-corrected chi connectivity index (χ1v) is 3.21. The van der Waals surface area contributed by atoms with Crippen molar-refractivity contribution in [2.24, 2.45) is 0 Å². The third-order valence-electron chi connectivity index (χ3n) is 1.35. The molecule has 0 aliphatic carbocycles. The summed E-state index contributed by atoms with van der Waals surface area (Å²) in [6.07, 6.45) is -6.25. The predicted molar refractivity (Wildman–Crippen MR) is 35.8 cm³/mol. The number of halogens is 1. The summed E-state index contributed by atoms with van der Waals surface area (Å²) in [5, 5.41) is 34.7. The average molecular weight is 182 g/mol. The fraction of sp³-hybridized carbons (Fsp3) is 0.833. The van der Waals surface area contributed by atoms with Crippen molar-refractivity contribution in [3.63, 3.8) is 0 Å². The molecule has 0 bridgehead atoms. The van der Waals surface area contributed by atoms with Gasteiger partial charge in [-0.15, -0.1) is 0 Å². The standard InChI is InChI=1S/C6H11FO5/c1-6(7,12)5(11)4(10)3(9)2-8/h2-5,9-12H,1H3/t3?,4?,5?,6-/m0/s1. The second-order valence-electron chi connectivity index (χ2n) is 2.59. The lowest BCUT2D eigenvalue weighted by atomic mass is 10.0. The SMILES string of the molecule is C[C@@](O)(F)C(O)C(O)C(O)C=O. The van der Waals surface area contributed by atoms with Crippen LogP contribution in [0.3, 0.4) is 0 Å². The summed E-state index contributed by atoms with van der Waals surface area (Å²) in [7, 11) is 0. The Balaban J connectivity index is 4.28. The second kappa shape index (κ2) is 3.90. The molecule has 0 heterocycles. The van der Waals surface area contributed by atoms with Crippen LogP contribution in [0.4, 0.5) is 4.39 Å². The van der Waals surface area contributed by atoms with Gasteiger partial charge < -0.3 is 25.2 Å². The van der Waals surface area contributed by atoms with Gasteiger partial charge in [0.25, 0.3) is 0 Å². The average Bonchev–Trinajstić information content (AvgIpc) is 1.98. The van der Waals surface area contributed by atoms with Crippen LogP contribution in [-0.2, 0) is 4.79 Å². The van der Waals surface area contributed by atoms with E-state index in [4.69, 9.17) is 20.4 Å². The van der Waals surface area contributed by atoms with Crippen LogP contribution in [0.1, 0.15) is 6.92 Å². The molecule has 4 atom stereocenters. The number of alkyl halides is 1. The monoisotopic (exact) mass is 182 g/mol. The molecule has 3 unspecified atom stereocenters. The zero-order chi connectivity index (χ0) is 9.94. The van der Waals surface area contributed by atoms with Crippen LogP contribution in [0.15, 0.2) is 0 Å². The highest BCUT2D eigenvalue weighted by atomic mass is 19.2. The van der Waals surface area contributed by atoms with E-state index in [1.54, 1.807) is 0 Å². The van der Waals surface area contributed by atoms with E-state index in [1.165, 1.54) is 0 Å². The van der Waals surface area contributed by atoms with Gasteiger partial charge in [0.1, 0.15) is 18.3 Å². The molecule has 0 aromatic heterocycles. The number of aliphatic hydroxyl groups is 4. The maximum atomic E-state index is 12.4. The van der Waals surface area contributed by atoms with Gasteiger partial charge in [-0.05, 0) is 6.92 Å². The minimum absolute atomic E-state index is 0.0698. The van der Waals surface area contributed by atoms with Crippen molar-refractivity contribution in [1.29, 1.82) is 0 Å². The molecule has 0 aromatic carbocycles. The van der Waals surface area contributed by atoms with E-state index in [9.17, 15) is 9.18 Å². The Bertz CT molecular complexity index is 155. The maximum Gasteiger partial charge on any atom is 0.232 e. The third-order valence-corrected chi connectivity index (χ3v) is 1.35. The van der Waals surface area contributed by atoms with Crippen molar-refractivity contribution in [2.45, 2.75) is 31.1 Å². The zero-order valence-corrected chi connectivity index (χ0v) is 6.38. The van der Waals surface area contributed by atoms with Gasteiger partial charge in [0.05, 0.1) is 0 Å². The number of hydrogen-bond acceptors (Lipinski definition) is 5. The van der Waals surface area contributed by atoms with Crippen molar-refractivity contribution in [3.8, 4) is 0 Å². The smallest absolute Gasteiger partial charge is 0.232 e. The van der Waals surface area contributed by atoms with Gasteiger partial charge in [0.2, 0.25) is 5.85 Å². The molecule has 72 valence electrons. The van der Waals surface area contributed by atoms with Gasteiger partial charge in [0.15, 0.2) is 6.29 Å². The largest absolute Gasteiger partial charge is 0.387 e. The molecule has 0 spiro atoms. The molecule has 0 saturated carbocycles. The Morgan fingerprint density at radius 1 is 1.42 bits per heavy atom. The molecule has 0 aromatic rings. The summed E-state index contributed by atoms with van der Waals surface area (Å²) in [6, 6.07) is 0. The van der Waals surface area contributed by atoms with Gasteiger partial charge in [0, 0.05) is 0 Å². The topological polar surface area (TPSA) is 98.0 Å². The molecular formula is C6H11FO5. The summed E-state index contributed by atoms with van der Waals surface area (Å²) in [5.41, 5.74) is 0. The summed E-state index contributed by atoms with van der Waals surface area (Å²) in [5.74, 6) is -3.05. The van der Waals surface area contributed by atoms with E-state index in [-0.39, 0.29) is 6.29 Å². The molecule has 0 radical (unpaired) electrons. The van der Waals surface area contributed by atoms with Crippen LogP contribution in [-0.4, -0.2) is 50.9 Å². The number of aliphatic hydroxyl groups excluding tert-OH is 3. The first-order chi connectivity index (χ1) is 5.30. The quantitative estimate of drug-likeness (QED) is 0.375. The minimum atomic E-state index is -3.05. The van der Waals surface area contributed by atoms with Gasteiger partial charge in [-0.3, -0.25) is 0 Å². The van der Waals surface area contributed by atoms with Crippen molar-refractivity contribution in [2.75, 3.05) is 0 Å². The molecule has 0 fully saturated rings. The van der Waals surface area contributed by atoms with Crippen molar-refractivity contribution >= 4 is 6.29 Å². The Hall–Kier alpha value is -0.560. The lowest BCUT2D eigenvalue weighted by molar-refractivity contribution is -0.201. The Morgan fingerprint density at radius 2 is 1.83 bits per heavy atom. The molecule has 0 amide bonds. The first kappa shape index (κ1) is 11.4. The van der Waals surface area contributed by atoms with Gasteiger partial charge in [-0.25, -0.2) is 4.39 Å². The Labute approximate surface area is 68.1 Å². The van der Waals surface area contributed by atoms with Crippen LogP contribution in [0.2, 0.25) is 0 Å². The Morgan fingerprint density at radius 3 is 2.08 bits per heavy atom. The maximum absolute atomic E-state index is 12.4. The summed E-state index contributed by atoms with van der Waals surface area (Å²) < 4.78 is 12.4. The highest BCUT2D eigenvalue weighted by Crippen LogP contribution is 2.15. The second-order valence-corrected chi connectivity index (χ2v) is 2.59. The molecule has 0 saturated heterocycles. The van der Waals surface area contributed by atoms with E-state index < -0.39 is 24.2 Å². The van der Waals surface area contributed by atoms with E-state index in [2.05, 4.69) is 0 Å². The Kier molecular flexibility index (Phi) is 3.72. The number of aldehydes is 1. The summed E-state index contributed by atoms with van der Waals surface area (Å²) in [6.45, 7) is 0.596. The molecule has 4 N–H and O–H groups in total. The summed E-state index contributed by atoms with van der Waals surface area (Å²) in [4.78, 5) is 9.85. The van der Waals surface area contributed by atoms with Crippen molar-refractivity contribution in [3.05, 3.63) is 0 Å². The van der Waals surface area contributed by atoms with Crippen molar-refractivity contribution < 1.29 is 29.6 Å². The molecule has 0 aliphatic rings. The van der Waals surface area contributed by atoms with E-state index in [0.717, 1.165) is 0 Å². The summed E-state index contributed by atoms with van der Waals surface area (Å²) >= 11 is 0. The van der Waals surface area contributed by atoms with Gasteiger partial charge in [-0.1, -0.05) is 0 Å². The third kappa shape index (κ3) is 2.82. The number of carbonyl (C=O) groups excluding carboxylic acids is 1. The fourth-order valence-corrected chi connectivity index (χ4v) is 0.579. The molecule has 6 heteroatoms. The molecule has 5 nitrogen and oxygen atoms in total. The van der Waals surface area contributed by atoms with Crippen LogP contribution in [0.5, 0.6) is 0 Å². The highest BCUT2D eigenvalue weighted by Gasteiger charge is 2.38. The molecule has 0 rings (SSSR count). The zero-order valence-electron chi connectivity index (χ0n) is 6.38. The number of rotatable bonds is 4. The lowest BCUT2D eigenvalue weighted by Gasteiger charge is -2.25. The first-order valence-electron chi connectivity index (χ1n) is 3.21. The fourth-order valence-electron chi connectivity index (χ4n) is 0.579. The predicted octanol–water partition coefficient (Wildman–Crippen LogP) is -2.05. The molecule has 12 heavy (non-hydrogen) atoms. The minimum Gasteiger partial charge on any atom is -0.387 e. The molecular weight excluding hydrogens is 171 g/mol. The van der Waals surface area contributed by atoms with E-state index >= 15 is 0 Å².